The summed E-state index contributed by atoms with van der Waals surface area (Å²) >= 11 is 0. The number of amides is 2. The maximum Gasteiger partial charge on any atom is 0.332 e. The van der Waals surface area contributed by atoms with Crippen LogP contribution < -0.4 is 15.9 Å². The normalized spacial score (nSPS) is 10.8. The third-order valence-electron chi connectivity index (χ3n) is 2.41. The number of carbonyl (C=O) groups is 1. The maximum atomic E-state index is 13.5. The first kappa shape index (κ1) is 15.9. The molecular formula is C13H17F2N3O2. The molecule has 5 nitrogen and oxygen atoms in total. The van der Waals surface area contributed by atoms with E-state index in [1.165, 1.54) is 6.07 Å². The molecule has 0 radical (unpaired) electrons. The minimum Gasteiger partial charge on any atom is -0.490 e. The van der Waals surface area contributed by atoms with E-state index in [9.17, 15) is 13.6 Å². The van der Waals surface area contributed by atoms with Gasteiger partial charge >= 0.3 is 6.03 Å². The van der Waals surface area contributed by atoms with Crippen molar-refractivity contribution in [1.29, 1.82) is 0 Å². The van der Waals surface area contributed by atoms with Crippen molar-refractivity contribution in [2.45, 2.75) is 26.2 Å². The molecule has 0 unspecified atom stereocenters. The molecule has 2 amide bonds. The summed E-state index contributed by atoms with van der Waals surface area (Å²) in [5.41, 5.74) is 7.02. The van der Waals surface area contributed by atoms with Gasteiger partial charge in [0.2, 0.25) is 5.82 Å². The number of urea groups is 1. The van der Waals surface area contributed by atoms with Crippen LogP contribution in [0.15, 0.2) is 17.2 Å². The van der Waals surface area contributed by atoms with Crippen LogP contribution in [-0.2, 0) is 0 Å². The maximum absolute atomic E-state index is 13.5. The van der Waals surface area contributed by atoms with Crippen LogP contribution in [0.25, 0.3) is 0 Å². The summed E-state index contributed by atoms with van der Waals surface area (Å²) in [6.07, 6.45) is 3.87. The summed E-state index contributed by atoms with van der Waals surface area (Å²) in [6.45, 7) is 2.34. The van der Waals surface area contributed by atoms with Crippen molar-refractivity contribution in [3.8, 4) is 5.75 Å². The number of carbonyl (C=O) groups excluding carboxylic acids is 1. The average molecular weight is 285 g/mol. The second-order valence-corrected chi connectivity index (χ2v) is 4.10. The van der Waals surface area contributed by atoms with Crippen molar-refractivity contribution in [2.75, 3.05) is 6.61 Å². The molecule has 1 rings (SSSR count). The number of nitrogens with one attached hydrogen (secondary N) is 1. The number of benzene rings is 1. The van der Waals surface area contributed by atoms with Gasteiger partial charge in [0.25, 0.3) is 0 Å². The van der Waals surface area contributed by atoms with Crippen molar-refractivity contribution < 1.29 is 18.3 Å². The number of hydrazone groups is 1. The lowest BCUT2D eigenvalue weighted by Crippen LogP contribution is -2.24. The Kier molecular flexibility index (Phi) is 6.42. The SMILES string of the molecule is CCCCCOc1cc(C=NNC(N)=O)cc(F)c1F. The Balaban J connectivity index is 2.75. The highest BCUT2D eigenvalue weighted by atomic mass is 19.2. The van der Waals surface area contributed by atoms with E-state index >= 15 is 0 Å². The number of primary amides is 1. The van der Waals surface area contributed by atoms with Crippen molar-refractivity contribution >= 4 is 12.2 Å². The Morgan fingerprint density at radius 2 is 2.20 bits per heavy atom. The molecule has 0 saturated carbocycles. The van der Waals surface area contributed by atoms with E-state index in [0.717, 1.165) is 31.5 Å². The second-order valence-electron chi connectivity index (χ2n) is 4.10. The molecule has 0 atom stereocenters. The topological polar surface area (TPSA) is 76.7 Å². The highest BCUT2D eigenvalue weighted by Crippen LogP contribution is 2.22. The van der Waals surface area contributed by atoms with Gasteiger partial charge in [-0.1, -0.05) is 19.8 Å². The van der Waals surface area contributed by atoms with Crippen LogP contribution in [0.1, 0.15) is 31.7 Å². The molecule has 110 valence electrons. The van der Waals surface area contributed by atoms with E-state index in [0.29, 0.717) is 6.61 Å². The van der Waals surface area contributed by atoms with Gasteiger partial charge in [0.1, 0.15) is 0 Å². The molecule has 0 aliphatic carbocycles. The zero-order valence-corrected chi connectivity index (χ0v) is 11.2. The number of unbranched alkanes of at least 4 members (excludes halogenated alkanes) is 2. The van der Waals surface area contributed by atoms with E-state index in [4.69, 9.17) is 10.5 Å². The van der Waals surface area contributed by atoms with Gasteiger partial charge < -0.3 is 10.5 Å². The monoisotopic (exact) mass is 285 g/mol. The van der Waals surface area contributed by atoms with Gasteiger partial charge in [-0.25, -0.2) is 14.6 Å². The first-order valence-corrected chi connectivity index (χ1v) is 6.25. The van der Waals surface area contributed by atoms with Crippen LogP contribution in [0.4, 0.5) is 13.6 Å². The molecule has 3 N–H and O–H groups in total. The Morgan fingerprint density at radius 1 is 1.45 bits per heavy atom. The van der Waals surface area contributed by atoms with Gasteiger partial charge in [0, 0.05) is 5.56 Å². The number of halogens is 2. The van der Waals surface area contributed by atoms with Crippen molar-refractivity contribution in [2.24, 2.45) is 10.8 Å². The van der Waals surface area contributed by atoms with Crippen molar-refractivity contribution in [1.82, 2.24) is 5.43 Å². The summed E-state index contributed by atoms with van der Waals surface area (Å²) in [5, 5.41) is 3.47. The van der Waals surface area contributed by atoms with Crippen LogP contribution in [0.2, 0.25) is 0 Å². The Morgan fingerprint density at radius 3 is 2.85 bits per heavy atom. The molecule has 1 aromatic rings. The highest BCUT2D eigenvalue weighted by molar-refractivity contribution is 5.82. The summed E-state index contributed by atoms with van der Waals surface area (Å²) in [6, 6.07) is 1.40. The van der Waals surface area contributed by atoms with E-state index in [2.05, 4.69) is 5.10 Å². The van der Waals surface area contributed by atoms with Crippen LogP contribution >= 0.6 is 0 Å². The molecular weight excluding hydrogens is 268 g/mol. The molecule has 0 aliphatic rings. The fourth-order valence-electron chi connectivity index (χ4n) is 1.47. The third kappa shape index (κ3) is 5.21. The predicted octanol–water partition coefficient (Wildman–Crippen LogP) is 2.54. The first-order valence-electron chi connectivity index (χ1n) is 6.25. The summed E-state index contributed by atoms with van der Waals surface area (Å²) in [4.78, 5) is 10.4. The molecule has 0 bridgehead atoms. The third-order valence-corrected chi connectivity index (χ3v) is 2.41. The second kappa shape index (κ2) is 8.08. The molecule has 0 spiro atoms. The lowest BCUT2D eigenvalue weighted by Gasteiger charge is -2.08. The van der Waals surface area contributed by atoms with E-state index < -0.39 is 17.7 Å². The molecule has 0 aliphatic heterocycles. The van der Waals surface area contributed by atoms with Gasteiger partial charge in [-0.2, -0.15) is 9.49 Å². The highest BCUT2D eigenvalue weighted by Gasteiger charge is 2.11. The number of ether oxygens (including phenoxy) is 1. The molecule has 20 heavy (non-hydrogen) atoms. The summed E-state index contributed by atoms with van der Waals surface area (Å²) in [7, 11) is 0. The van der Waals surface area contributed by atoms with Gasteiger partial charge in [-0.05, 0) is 18.6 Å². The number of hydrogen-bond donors (Lipinski definition) is 2. The number of nitrogens with two attached hydrogens (primary N) is 1. The van der Waals surface area contributed by atoms with Crippen molar-refractivity contribution in [3.63, 3.8) is 0 Å². The number of rotatable bonds is 7. The molecule has 0 saturated heterocycles. The largest absolute Gasteiger partial charge is 0.490 e. The van der Waals surface area contributed by atoms with Crippen molar-refractivity contribution in [3.05, 3.63) is 29.3 Å². The number of nitrogens with zero attached hydrogens (tertiary/aromatic N) is 1. The van der Waals surface area contributed by atoms with Crippen LogP contribution in [0.5, 0.6) is 5.75 Å². The summed E-state index contributed by atoms with van der Waals surface area (Å²) in [5.74, 6) is -2.26. The van der Waals surface area contributed by atoms with Gasteiger partial charge in [-0.3, -0.25) is 0 Å². The minimum atomic E-state index is -1.04. The quantitative estimate of drug-likeness (QED) is 0.459. The lowest BCUT2D eigenvalue weighted by molar-refractivity contribution is 0.249. The Labute approximate surface area is 115 Å². The molecule has 1 aromatic carbocycles. The zero-order chi connectivity index (χ0) is 15.0. The Bertz CT molecular complexity index is 493. The standard InChI is InChI=1S/C13H17F2N3O2/c1-2-3-4-5-20-11-7-9(6-10(14)12(11)15)8-17-18-13(16)19/h6-8H,2-5H2,1H3,(H3,16,18,19). The lowest BCUT2D eigenvalue weighted by atomic mass is 10.2. The minimum absolute atomic E-state index is 0.179. The fraction of sp³-hybridized carbons (Fsp3) is 0.385. The van der Waals surface area contributed by atoms with Crippen LogP contribution in [0.3, 0.4) is 0 Å². The van der Waals surface area contributed by atoms with Crippen LogP contribution in [0, 0.1) is 11.6 Å². The zero-order valence-electron chi connectivity index (χ0n) is 11.2. The first-order chi connectivity index (χ1) is 9.54. The fourth-order valence-corrected chi connectivity index (χ4v) is 1.47. The van der Waals surface area contributed by atoms with Crippen LogP contribution in [-0.4, -0.2) is 18.9 Å². The van der Waals surface area contributed by atoms with Gasteiger partial charge in [0.15, 0.2) is 11.6 Å². The summed E-state index contributed by atoms with van der Waals surface area (Å²) < 4.78 is 32.1. The molecule has 0 heterocycles. The molecule has 0 fully saturated rings. The molecule has 7 heteroatoms. The molecule has 0 aromatic heterocycles. The van der Waals surface area contributed by atoms with E-state index in [-0.39, 0.29) is 11.3 Å². The predicted molar refractivity (Wildman–Crippen MR) is 71.7 cm³/mol. The van der Waals surface area contributed by atoms with Gasteiger partial charge in [0.05, 0.1) is 12.8 Å². The average Bonchev–Trinajstić information content (AvgIpc) is 2.39. The number of hydrogen-bond acceptors (Lipinski definition) is 3. The van der Waals surface area contributed by atoms with E-state index in [1.807, 2.05) is 12.3 Å². The van der Waals surface area contributed by atoms with Gasteiger partial charge in [-0.15, -0.1) is 0 Å². The Hall–Kier alpha value is -2.18. The smallest absolute Gasteiger partial charge is 0.332 e. The van der Waals surface area contributed by atoms with E-state index in [1.54, 1.807) is 0 Å².